The topological polar surface area (TPSA) is 69.2 Å². The monoisotopic (exact) mass is 233 g/mol. The average molecular weight is 233 g/mol. The molecule has 0 radical (unpaired) electrons. The summed E-state index contributed by atoms with van der Waals surface area (Å²) in [4.78, 5) is 5.96. The number of nitrogens with two attached hydrogens (primary N) is 1. The fourth-order valence-corrected chi connectivity index (χ4v) is 1.42. The molecule has 6 nitrogen and oxygen atoms in total. The van der Waals surface area contributed by atoms with Gasteiger partial charge in [-0.1, -0.05) is 0 Å². The highest BCUT2D eigenvalue weighted by Crippen LogP contribution is 2.18. The fourth-order valence-electron chi connectivity index (χ4n) is 1.42. The number of methoxy groups -OCH3 is 1. The maximum absolute atomic E-state index is 5.81. The lowest BCUT2D eigenvalue weighted by molar-refractivity contribution is 0.414. The van der Waals surface area contributed by atoms with Gasteiger partial charge in [-0.3, -0.25) is 0 Å². The molecule has 90 valence electrons. The summed E-state index contributed by atoms with van der Waals surface area (Å²) in [5, 5.41) is 4.30. The van der Waals surface area contributed by atoms with E-state index in [0.29, 0.717) is 11.9 Å². The normalized spacial score (nSPS) is 10.3. The Kier molecular flexibility index (Phi) is 2.86. The lowest BCUT2D eigenvalue weighted by Crippen LogP contribution is -2.10. The summed E-state index contributed by atoms with van der Waals surface area (Å²) in [6.45, 7) is 0. The van der Waals surface area contributed by atoms with E-state index in [-0.39, 0.29) is 0 Å². The Balaban J connectivity index is 2.38. The maximum Gasteiger partial charge on any atom is 0.246 e. The van der Waals surface area contributed by atoms with Crippen LogP contribution in [0.5, 0.6) is 5.75 Å². The molecule has 6 heteroatoms. The molecule has 2 N–H and O–H groups in total. The van der Waals surface area contributed by atoms with Crippen molar-refractivity contribution in [1.82, 2.24) is 14.8 Å². The number of aromatic nitrogens is 3. The van der Waals surface area contributed by atoms with Gasteiger partial charge >= 0.3 is 0 Å². The largest absolute Gasteiger partial charge is 0.497 e. The molecule has 0 saturated carbocycles. The van der Waals surface area contributed by atoms with Gasteiger partial charge in [-0.2, -0.15) is 9.67 Å². The minimum Gasteiger partial charge on any atom is -0.497 e. The Morgan fingerprint density at radius 2 is 1.88 bits per heavy atom. The van der Waals surface area contributed by atoms with Crippen LogP contribution in [0.15, 0.2) is 24.3 Å². The highest BCUT2D eigenvalue weighted by Gasteiger charge is 2.09. The lowest BCUT2D eigenvalue weighted by atomic mass is 10.3. The average Bonchev–Trinajstić information content (AvgIpc) is 2.72. The van der Waals surface area contributed by atoms with Crippen LogP contribution in [0.2, 0.25) is 0 Å². The molecule has 0 aliphatic heterocycles. The molecule has 1 heterocycles. The van der Waals surface area contributed by atoms with Crippen molar-refractivity contribution in [3.63, 3.8) is 0 Å². The standard InChI is InChI=1S/C11H15N5O/c1-15(2)11-13-10(12)16(14-11)8-4-6-9(17-3)7-5-8/h4-7H,1-3H3,(H2,12,13,14). The highest BCUT2D eigenvalue weighted by atomic mass is 16.5. The summed E-state index contributed by atoms with van der Waals surface area (Å²) in [5.41, 5.74) is 6.66. The quantitative estimate of drug-likeness (QED) is 0.853. The van der Waals surface area contributed by atoms with Gasteiger partial charge in [0.2, 0.25) is 11.9 Å². The van der Waals surface area contributed by atoms with Crippen molar-refractivity contribution < 1.29 is 4.74 Å². The van der Waals surface area contributed by atoms with Gasteiger partial charge in [0.1, 0.15) is 5.75 Å². The van der Waals surface area contributed by atoms with E-state index in [1.54, 1.807) is 16.7 Å². The third-order valence-electron chi connectivity index (χ3n) is 2.34. The number of anilines is 2. The second kappa shape index (κ2) is 4.32. The van der Waals surface area contributed by atoms with Crippen LogP contribution < -0.4 is 15.4 Å². The first kappa shape index (κ1) is 11.3. The number of nitrogens with zero attached hydrogens (tertiary/aromatic N) is 4. The number of hydrogen-bond acceptors (Lipinski definition) is 5. The molecule has 0 aliphatic rings. The Bertz CT molecular complexity index is 503. The Morgan fingerprint density at radius 3 is 2.35 bits per heavy atom. The predicted molar refractivity (Wildman–Crippen MR) is 66.7 cm³/mol. The molecular formula is C11H15N5O. The number of hydrogen-bond donors (Lipinski definition) is 1. The minimum atomic E-state index is 0.360. The van der Waals surface area contributed by atoms with E-state index in [9.17, 15) is 0 Å². The van der Waals surface area contributed by atoms with Crippen LogP contribution in [-0.2, 0) is 0 Å². The van der Waals surface area contributed by atoms with E-state index >= 15 is 0 Å². The summed E-state index contributed by atoms with van der Waals surface area (Å²) in [6.07, 6.45) is 0. The molecule has 1 aromatic carbocycles. The van der Waals surface area contributed by atoms with Crippen LogP contribution in [0.25, 0.3) is 5.69 Å². The van der Waals surface area contributed by atoms with Crippen LogP contribution >= 0.6 is 0 Å². The third-order valence-corrected chi connectivity index (χ3v) is 2.34. The van der Waals surface area contributed by atoms with E-state index in [4.69, 9.17) is 10.5 Å². The first-order valence-corrected chi connectivity index (χ1v) is 5.16. The molecule has 0 spiro atoms. The molecule has 0 fully saturated rings. The van der Waals surface area contributed by atoms with Crippen LogP contribution in [0.3, 0.4) is 0 Å². The predicted octanol–water partition coefficient (Wildman–Crippen LogP) is 0.924. The zero-order chi connectivity index (χ0) is 12.4. The molecule has 2 rings (SSSR count). The van der Waals surface area contributed by atoms with Gasteiger partial charge in [0.05, 0.1) is 12.8 Å². The molecule has 0 aliphatic carbocycles. The summed E-state index contributed by atoms with van der Waals surface area (Å²) < 4.78 is 6.69. The zero-order valence-corrected chi connectivity index (χ0v) is 10.1. The zero-order valence-electron chi connectivity index (χ0n) is 10.1. The molecule has 0 bridgehead atoms. The molecular weight excluding hydrogens is 218 g/mol. The summed E-state index contributed by atoms with van der Waals surface area (Å²) >= 11 is 0. The second-order valence-electron chi connectivity index (χ2n) is 3.77. The van der Waals surface area contributed by atoms with Crippen molar-refractivity contribution in [1.29, 1.82) is 0 Å². The Labute approximate surface area is 99.6 Å². The van der Waals surface area contributed by atoms with E-state index in [0.717, 1.165) is 11.4 Å². The molecule has 17 heavy (non-hydrogen) atoms. The summed E-state index contributed by atoms with van der Waals surface area (Å²) in [6, 6.07) is 7.46. The second-order valence-corrected chi connectivity index (χ2v) is 3.77. The van der Waals surface area contributed by atoms with Gasteiger partial charge in [0, 0.05) is 14.1 Å². The number of rotatable bonds is 3. The first-order valence-electron chi connectivity index (χ1n) is 5.16. The van der Waals surface area contributed by atoms with Crippen LogP contribution in [0.1, 0.15) is 0 Å². The van der Waals surface area contributed by atoms with E-state index in [1.807, 2.05) is 38.4 Å². The van der Waals surface area contributed by atoms with Crippen molar-refractivity contribution in [3.8, 4) is 11.4 Å². The summed E-state index contributed by atoms with van der Waals surface area (Å²) in [5.74, 6) is 1.73. The van der Waals surface area contributed by atoms with Crippen molar-refractivity contribution in [3.05, 3.63) is 24.3 Å². The van der Waals surface area contributed by atoms with Crippen molar-refractivity contribution >= 4 is 11.9 Å². The first-order chi connectivity index (χ1) is 8.11. The number of ether oxygens (including phenoxy) is 1. The van der Waals surface area contributed by atoms with Gasteiger partial charge < -0.3 is 15.4 Å². The van der Waals surface area contributed by atoms with Crippen molar-refractivity contribution in [2.75, 3.05) is 31.8 Å². The minimum absolute atomic E-state index is 0.360. The van der Waals surface area contributed by atoms with Crippen molar-refractivity contribution in [2.45, 2.75) is 0 Å². The van der Waals surface area contributed by atoms with Crippen LogP contribution in [-0.4, -0.2) is 36.0 Å². The van der Waals surface area contributed by atoms with Gasteiger partial charge in [-0.05, 0) is 24.3 Å². The molecule has 0 saturated heterocycles. The fraction of sp³-hybridized carbons (Fsp3) is 0.273. The Hall–Kier alpha value is -2.24. The van der Waals surface area contributed by atoms with E-state index in [2.05, 4.69) is 10.1 Å². The highest BCUT2D eigenvalue weighted by molar-refractivity contribution is 5.44. The van der Waals surface area contributed by atoms with Gasteiger partial charge in [-0.25, -0.2) is 0 Å². The molecule has 2 aromatic rings. The molecule has 1 aromatic heterocycles. The number of nitrogen functional groups attached to an aromatic ring is 1. The molecule has 0 amide bonds. The van der Waals surface area contributed by atoms with Gasteiger partial charge in [-0.15, -0.1) is 5.10 Å². The Morgan fingerprint density at radius 1 is 1.24 bits per heavy atom. The van der Waals surface area contributed by atoms with Crippen molar-refractivity contribution in [2.24, 2.45) is 0 Å². The van der Waals surface area contributed by atoms with E-state index < -0.39 is 0 Å². The lowest BCUT2D eigenvalue weighted by Gasteiger charge is -2.05. The van der Waals surface area contributed by atoms with Gasteiger partial charge in [0.15, 0.2) is 0 Å². The maximum atomic E-state index is 5.81. The smallest absolute Gasteiger partial charge is 0.246 e. The van der Waals surface area contributed by atoms with Gasteiger partial charge in [0.25, 0.3) is 0 Å². The van der Waals surface area contributed by atoms with Crippen LogP contribution in [0, 0.1) is 0 Å². The third kappa shape index (κ3) is 2.15. The SMILES string of the molecule is COc1ccc(-n2nc(N(C)C)nc2N)cc1. The van der Waals surface area contributed by atoms with Crippen LogP contribution in [0.4, 0.5) is 11.9 Å². The van der Waals surface area contributed by atoms with E-state index in [1.165, 1.54) is 0 Å². The molecule has 0 atom stereocenters. The summed E-state index contributed by atoms with van der Waals surface area (Å²) in [7, 11) is 5.36. The number of benzene rings is 1. The molecule has 0 unspecified atom stereocenters.